The lowest BCUT2D eigenvalue weighted by Crippen LogP contribution is -2.39. The number of nitrogens with zero attached hydrogens (tertiary/aromatic N) is 3. The molecule has 0 aromatic carbocycles. The van der Waals surface area contributed by atoms with Crippen LogP contribution >= 0.6 is 0 Å². The number of hydrogen-bond acceptors (Lipinski definition) is 10. The Morgan fingerprint density at radius 3 is 2.70 bits per heavy atom. The molecule has 0 bridgehead atoms. The summed E-state index contributed by atoms with van der Waals surface area (Å²) in [6, 6.07) is 0. The van der Waals surface area contributed by atoms with E-state index in [9.17, 15) is 19.5 Å². The fourth-order valence-corrected chi connectivity index (χ4v) is 2.15. The smallest absolute Gasteiger partial charge is 0.354 e. The van der Waals surface area contributed by atoms with Gasteiger partial charge in [-0.25, -0.2) is 9.78 Å². The topological polar surface area (TPSA) is 156 Å². The maximum absolute atomic E-state index is 11.8. The van der Waals surface area contributed by atoms with Crippen molar-refractivity contribution in [2.75, 3.05) is 12.3 Å². The summed E-state index contributed by atoms with van der Waals surface area (Å²) in [5.41, 5.74) is 4.50. The van der Waals surface area contributed by atoms with Gasteiger partial charge < -0.3 is 25.1 Å². The highest BCUT2D eigenvalue weighted by Crippen LogP contribution is 2.30. The van der Waals surface area contributed by atoms with E-state index in [0.29, 0.717) is 0 Å². The number of aromatic nitrogens is 3. The van der Waals surface area contributed by atoms with Gasteiger partial charge in [0.05, 0.1) is 0 Å². The van der Waals surface area contributed by atoms with Crippen LogP contribution in [0.3, 0.4) is 0 Å². The lowest BCUT2D eigenvalue weighted by Gasteiger charge is -2.19. The van der Waals surface area contributed by atoms with Crippen LogP contribution in [-0.2, 0) is 23.8 Å². The van der Waals surface area contributed by atoms with Gasteiger partial charge in [0, 0.05) is 13.8 Å². The van der Waals surface area contributed by atoms with Crippen LogP contribution in [-0.4, -0.2) is 56.5 Å². The Morgan fingerprint density at radius 2 is 2.13 bits per heavy atom. The number of carbonyl (C=O) groups excluding carboxylic acids is 2. The Morgan fingerprint density at radius 1 is 1.43 bits per heavy atom. The molecule has 1 aliphatic heterocycles. The van der Waals surface area contributed by atoms with Gasteiger partial charge in [0.25, 0.3) is 0 Å². The van der Waals surface area contributed by atoms with E-state index in [0.717, 1.165) is 17.8 Å². The summed E-state index contributed by atoms with van der Waals surface area (Å²) >= 11 is 0. The fourth-order valence-electron chi connectivity index (χ4n) is 2.15. The van der Waals surface area contributed by atoms with Gasteiger partial charge in [-0.3, -0.25) is 14.2 Å². The van der Waals surface area contributed by atoms with Crippen LogP contribution in [0.4, 0.5) is 5.95 Å². The summed E-state index contributed by atoms with van der Waals surface area (Å²) in [4.78, 5) is 41.0. The van der Waals surface area contributed by atoms with Crippen LogP contribution < -0.4 is 11.4 Å². The summed E-state index contributed by atoms with van der Waals surface area (Å²) in [5.74, 6) is -1.46. The van der Waals surface area contributed by atoms with Crippen molar-refractivity contribution in [3.63, 3.8) is 0 Å². The third-order valence-corrected chi connectivity index (χ3v) is 3.08. The minimum absolute atomic E-state index is 0.230. The molecule has 0 unspecified atom stereocenters. The van der Waals surface area contributed by atoms with E-state index in [1.165, 1.54) is 6.92 Å². The molecule has 4 atom stereocenters. The Hall–Kier alpha value is -2.53. The lowest BCUT2D eigenvalue weighted by molar-refractivity contribution is -0.157. The van der Waals surface area contributed by atoms with E-state index < -0.39 is 42.2 Å². The van der Waals surface area contributed by atoms with E-state index in [1.807, 2.05) is 0 Å². The van der Waals surface area contributed by atoms with Gasteiger partial charge in [0.15, 0.2) is 12.3 Å². The summed E-state index contributed by atoms with van der Waals surface area (Å²) in [7, 11) is 0. The van der Waals surface area contributed by atoms with Crippen LogP contribution in [0.15, 0.2) is 11.1 Å². The molecule has 2 rings (SSSR count). The number of esters is 2. The highest BCUT2D eigenvalue weighted by molar-refractivity contribution is 5.66. The minimum Gasteiger partial charge on any atom is -0.463 e. The van der Waals surface area contributed by atoms with Crippen molar-refractivity contribution in [1.82, 2.24) is 14.5 Å². The van der Waals surface area contributed by atoms with Crippen LogP contribution in [0.25, 0.3) is 0 Å². The average molecular weight is 328 g/mol. The molecule has 0 spiro atoms. The molecule has 3 N–H and O–H groups in total. The Bertz CT molecular complexity index is 661. The first-order valence-electron chi connectivity index (χ1n) is 6.64. The number of ether oxygens (including phenoxy) is 3. The van der Waals surface area contributed by atoms with Crippen molar-refractivity contribution >= 4 is 17.9 Å². The Balaban J connectivity index is 2.26. The number of nitrogens with two attached hydrogens (primary N) is 1. The summed E-state index contributed by atoms with van der Waals surface area (Å²) in [6.45, 7) is 2.09. The third kappa shape index (κ3) is 3.81. The Labute approximate surface area is 130 Å². The van der Waals surface area contributed by atoms with Crippen molar-refractivity contribution in [3.8, 4) is 0 Å². The van der Waals surface area contributed by atoms with Crippen LogP contribution in [0.5, 0.6) is 0 Å². The number of aliphatic hydroxyl groups is 1. The summed E-state index contributed by atoms with van der Waals surface area (Å²) in [6.07, 6.45) is -3.62. The van der Waals surface area contributed by atoms with Gasteiger partial charge >= 0.3 is 17.6 Å². The zero-order valence-electron chi connectivity index (χ0n) is 12.4. The minimum atomic E-state index is -1.38. The normalized spacial score (nSPS) is 26.7. The van der Waals surface area contributed by atoms with E-state index in [4.69, 9.17) is 19.9 Å². The van der Waals surface area contributed by atoms with Crippen molar-refractivity contribution in [1.29, 1.82) is 0 Å². The average Bonchev–Trinajstić information content (AvgIpc) is 2.73. The first kappa shape index (κ1) is 16.8. The fraction of sp³-hybridized carbons (Fsp3) is 0.583. The van der Waals surface area contributed by atoms with Crippen molar-refractivity contribution in [2.45, 2.75) is 38.4 Å². The van der Waals surface area contributed by atoms with Crippen molar-refractivity contribution < 1.29 is 28.9 Å². The van der Waals surface area contributed by atoms with Gasteiger partial charge in [-0.1, -0.05) is 0 Å². The molecule has 1 saturated heterocycles. The summed E-state index contributed by atoms with van der Waals surface area (Å²) < 4.78 is 16.2. The molecule has 2 heterocycles. The maximum Gasteiger partial charge on any atom is 0.354 e. The van der Waals surface area contributed by atoms with Gasteiger partial charge in [-0.2, -0.15) is 4.98 Å². The molecule has 0 saturated carbocycles. The van der Waals surface area contributed by atoms with Gasteiger partial charge in [-0.15, -0.1) is 0 Å². The SMILES string of the molecule is CC(=O)OC[C@H]1O[C@@H](n2cnc(N)nc2=O)[C@H](O)[C@@H]1OC(C)=O. The molecule has 0 radical (unpaired) electrons. The number of rotatable bonds is 4. The summed E-state index contributed by atoms with van der Waals surface area (Å²) in [5, 5.41) is 10.3. The van der Waals surface area contributed by atoms with Crippen molar-refractivity contribution in [3.05, 3.63) is 16.8 Å². The Kier molecular flexibility index (Phi) is 4.91. The molecular formula is C12H16N4O7. The van der Waals surface area contributed by atoms with E-state index in [2.05, 4.69) is 9.97 Å². The molecule has 0 aliphatic carbocycles. The van der Waals surface area contributed by atoms with Crippen LogP contribution in [0, 0.1) is 0 Å². The highest BCUT2D eigenvalue weighted by atomic mass is 16.6. The standard InChI is InChI=1S/C12H16N4O7/c1-5(17)21-3-7-9(22-6(2)18)8(19)10(23-7)16-4-14-11(13)15-12(16)20/h4,7-10,19H,3H2,1-2H3,(H2,13,15,20)/t7-,8-,9-,10-/m1/s1. The second-order valence-electron chi connectivity index (χ2n) is 4.84. The number of nitrogen functional groups attached to an aromatic ring is 1. The largest absolute Gasteiger partial charge is 0.463 e. The molecular weight excluding hydrogens is 312 g/mol. The second-order valence-corrected chi connectivity index (χ2v) is 4.84. The lowest BCUT2D eigenvalue weighted by atomic mass is 10.1. The van der Waals surface area contributed by atoms with E-state index in [-0.39, 0.29) is 12.6 Å². The predicted octanol–water partition coefficient (Wildman–Crippen LogP) is -2.03. The van der Waals surface area contributed by atoms with Crippen LogP contribution in [0.1, 0.15) is 20.1 Å². The number of anilines is 1. The first-order chi connectivity index (χ1) is 10.8. The highest BCUT2D eigenvalue weighted by Gasteiger charge is 2.47. The third-order valence-electron chi connectivity index (χ3n) is 3.08. The van der Waals surface area contributed by atoms with Gasteiger partial charge in [-0.05, 0) is 0 Å². The first-order valence-corrected chi connectivity index (χ1v) is 6.64. The van der Waals surface area contributed by atoms with Crippen LogP contribution in [0.2, 0.25) is 0 Å². The predicted molar refractivity (Wildman–Crippen MR) is 72.8 cm³/mol. The molecule has 11 heteroatoms. The monoisotopic (exact) mass is 328 g/mol. The molecule has 1 aliphatic rings. The molecule has 23 heavy (non-hydrogen) atoms. The molecule has 0 amide bonds. The van der Waals surface area contributed by atoms with E-state index in [1.54, 1.807) is 0 Å². The molecule has 1 fully saturated rings. The van der Waals surface area contributed by atoms with Gasteiger partial charge in [0.2, 0.25) is 5.95 Å². The molecule has 1 aromatic rings. The zero-order valence-corrected chi connectivity index (χ0v) is 12.4. The maximum atomic E-state index is 11.8. The number of aliphatic hydroxyl groups excluding tert-OH is 1. The number of carbonyl (C=O) groups is 2. The molecule has 126 valence electrons. The quantitative estimate of drug-likeness (QED) is 0.591. The van der Waals surface area contributed by atoms with Crippen molar-refractivity contribution in [2.24, 2.45) is 0 Å². The molecule has 11 nitrogen and oxygen atoms in total. The van der Waals surface area contributed by atoms with E-state index >= 15 is 0 Å². The molecule has 1 aromatic heterocycles. The zero-order chi connectivity index (χ0) is 17.1. The second kappa shape index (κ2) is 6.71. The number of hydrogen-bond donors (Lipinski definition) is 2. The van der Waals surface area contributed by atoms with Gasteiger partial charge in [0.1, 0.15) is 25.1 Å².